The normalized spacial score (nSPS) is 13.6. The van der Waals surface area contributed by atoms with Crippen LogP contribution in [0.1, 0.15) is 66.5 Å². The quantitative estimate of drug-likeness (QED) is 0.403. The summed E-state index contributed by atoms with van der Waals surface area (Å²) in [6, 6.07) is 9.08. The fraction of sp³-hybridized carbons (Fsp3) is 0.720. The summed E-state index contributed by atoms with van der Waals surface area (Å²) in [4.78, 5) is 5.21. The Morgan fingerprint density at radius 2 is 1.17 bits per heavy atom. The number of hydrogen-bond donors (Lipinski definition) is 0. The maximum atomic E-state index is 6.31. The zero-order valence-electron chi connectivity index (χ0n) is 21.8. The number of benzene rings is 1. The van der Waals surface area contributed by atoms with Crippen molar-refractivity contribution >= 4 is 31.2 Å². The molecule has 0 amide bonds. The van der Waals surface area contributed by atoms with E-state index in [2.05, 4.69) is 108 Å². The van der Waals surface area contributed by atoms with Gasteiger partial charge in [-0.25, -0.2) is 0 Å². The molecule has 0 heterocycles. The molecule has 0 atom stereocenters. The predicted molar refractivity (Wildman–Crippen MR) is 140 cm³/mol. The van der Waals surface area contributed by atoms with Crippen molar-refractivity contribution in [1.29, 1.82) is 0 Å². The average Bonchev–Trinajstić information content (AvgIpc) is 2.60. The molecule has 0 fully saturated rings. The summed E-state index contributed by atoms with van der Waals surface area (Å²) < 4.78 is 10.5. The van der Waals surface area contributed by atoms with Crippen LogP contribution < -0.4 is 4.40 Å². The van der Waals surface area contributed by atoms with Gasteiger partial charge >= 0.3 is 193 Å². The van der Waals surface area contributed by atoms with E-state index in [-0.39, 0.29) is 0 Å². The van der Waals surface area contributed by atoms with E-state index in [4.69, 9.17) is 3.76 Å². The van der Waals surface area contributed by atoms with Crippen LogP contribution in [0.2, 0.25) is 19.6 Å². The van der Waals surface area contributed by atoms with Gasteiger partial charge in [-0.15, -0.1) is 0 Å². The van der Waals surface area contributed by atoms with Crippen molar-refractivity contribution < 1.29 is 3.76 Å². The Bertz CT molecular complexity index is 637. The van der Waals surface area contributed by atoms with Crippen LogP contribution >= 0.6 is 0 Å². The summed E-state index contributed by atoms with van der Waals surface area (Å²) in [5.74, 6) is 0. The van der Waals surface area contributed by atoms with Crippen LogP contribution in [-0.4, -0.2) is 67.9 Å². The zero-order valence-corrected chi connectivity index (χ0v) is 24.9. The van der Waals surface area contributed by atoms with E-state index in [1.165, 1.54) is 11.1 Å². The van der Waals surface area contributed by atoms with Gasteiger partial charge in [0.1, 0.15) is 0 Å². The second-order valence-electron chi connectivity index (χ2n) is 10.7. The Hall–Kier alpha value is -0.430. The molecule has 0 spiro atoms. The third-order valence-corrected chi connectivity index (χ3v) is 17.2. The first-order valence-electron chi connectivity index (χ1n) is 11.7. The number of rotatable bonds is 11. The van der Waals surface area contributed by atoms with Crippen molar-refractivity contribution in [2.24, 2.45) is 0 Å². The fourth-order valence-corrected chi connectivity index (χ4v) is 14.3. The molecular formula is C25H48GeN2OSi. The van der Waals surface area contributed by atoms with Gasteiger partial charge in [-0.05, 0) is 0 Å². The molecule has 172 valence electrons. The Morgan fingerprint density at radius 1 is 0.800 bits per heavy atom. The summed E-state index contributed by atoms with van der Waals surface area (Å²) in [6.45, 7) is 27.8. The van der Waals surface area contributed by atoms with Crippen molar-refractivity contribution in [1.82, 2.24) is 9.80 Å². The Morgan fingerprint density at radius 3 is 1.43 bits per heavy atom. The summed E-state index contributed by atoms with van der Waals surface area (Å²) in [5.41, 5.74) is 2.96. The second-order valence-corrected chi connectivity index (χ2v) is 21.0. The van der Waals surface area contributed by atoms with Crippen LogP contribution in [0, 0.1) is 0 Å². The summed E-state index contributed by atoms with van der Waals surface area (Å²) >= 11 is -1.97. The molecule has 0 saturated carbocycles. The summed E-state index contributed by atoms with van der Waals surface area (Å²) in [7, 11) is 0.602. The van der Waals surface area contributed by atoms with Crippen LogP contribution in [0.3, 0.4) is 0 Å². The second kappa shape index (κ2) is 12.0. The first kappa shape index (κ1) is 27.6. The summed E-state index contributed by atoms with van der Waals surface area (Å²) in [6.07, 6.45) is 0. The van der Waals surface area contributed by atoms with E-state index in [1.807, 2.05) is 7.11 Å². The fourth-order valence-electron chi connectivity index (χ4n) is 4.18. The van der Waals surface area contributed by atoms with Gasteiger partial charge in [0.15, 0.2) is 0 Å². The maximum absolute atomic E-state index is 6.31. The van der Waals surface area contributed by atoms with E-state index in [1.54, 1.807) is 4.40 Å². The molecule has 0 N–H and O–H groups in total. The summed E-state index contributed by atoms with van der Waals surface area (Å²) in [5, 5.41) is 0. The van der Waals surface area contributed by atoms with E-state index in [9.17, 15) is 0 Å². The van der Waals surface area contributed by atoms with Gasteiger partial charge in [0, 0.05) is 0 Å². The zero-order chi connectivity index (χ0) is 23.2. The van der Waals surface area contributed by atoms with Crippen LogP contribution in [0.5, 0.6) is 0 Å². The molecule has 0 aliphatic heterocycles. The van der Waals surface area contributed by atoms with Crippen molar-refractivity contribution in [3.63, 3.8) is 0 Å². The van der Waals surface area contributed by atoms with Crippen molar-refractivity contribution in [2.45, 2.75) is 112 Å². The third kappa shape index (κ3) is 8.25. The first-order chi connectivity index (χ1) is 13.8. The Labute approximate surface area is 193 Å². The molecule has 0 aromatic heterocycles. The molecule has 0 radical (unpaired) electrons. The van der Waals surface area contributed by atoms with Crippen molar-refractivity contribution in [3.8, 4) is 0 Å². The number of hydrogen-bond acceptors (Lipinski definition) is 3. The molecule has 3 nitrogen and oxygen atoms in total. The SMILES string of the molecule is C[O]/[Ge](=[CH]\[Si](C)(C)C)[c]1c(CN(C(C)C)C(C)C)cccc1CN(C(C)C)C(C)C. The van der Waals surface area contributed by atoms with Crippen LogP contribution in [0.25, 0.3) is 0 Å². The predicted octanol–water partition coefficient (Wildman–Crippen LogP) is 5.03. The molecule has 5 heteroatoms. The van der Waals surface area contributed by atoms with Gasteiger partial charge in [-0.2, -0.15) is 0 Å². The molecule has 1 aromatic rings. The van der Waals surface area contributed by atoms with Crippen LogP contribution in [0.15, 0.2) is 18.2 Å². The van der Waals surface area contributed by atoms with E-state index in [0.717, 1.165) is 13.1 Å². The van der Waals surface area contributed by atoms with Gasteiger partial charge in [-0.3, -0.25) is 0 Å². The molecule has 0 aliphatic rings. The van der Waals surface area contributed by atoms with E-state index >= 15 is 0 Å². The van der Waals surface area contributed by atoms with Gasteiger partial charge in [0.05, 0.1) is 0 Å². The first-order valence-corrected chi connectivity index (χ1v) is 18.4. The Balaban J connectivity index is 3.64. The Kier molecular flexibility index (Phi) is 11.0. The molecule has 0 unspecified atom stereocenters. The van der Waals surface area contributed by atoms with Crippen molar-refractivity contribution in [2.75, 3.05) is 7.11 Å². The molecule has 0 saturated heterocycles. The third-order valence-electron chi connectivity index (χ3n) is 5.63. The van der Waals surface area contributed by atoms with Gasteiger partial charge in [-0.1, -0.05) is 0 Å². The molecule has 30 heavy (non-hydrogen) atoms. The minimum atomic E-state index is -1.97. The molecule has 1 aromatic carbocycles. The molecule has 0 bridgehead atoms. The molecule has 0 aliphatic carbocycles. The van der Waals surface area contributed by atoms with E-state index < -0.39 is 22.3 Å². The number of nitrogens with zero attached hydrogens (tertiary/aromatic N) is 2. The van der Waals surface area contributed by atoms with Gasteiger partial charge in [0.2, 0.25) is 0 Å². The average molecular weight is 493 g/mol. The minimum absolute atomic E-state index is 0.524. The standard InChI is InChI=1S/C25H48GeN2OSi/c1-19(2)27(20(3)4)16-23-14-13-15-24(17-28(21(5)6)22(7)8)25(23)26(29-9)18-30(10,11)12/h13-15,18-22H,16-17H2,1-12H3/b26-18-. The van der Waals surface area contributed by atoms with Crippen LogP contribution in [-0.2, 0) is 16.9 Å². The van der Waals surface area contributed by atoms with E-state index in [0.29, 0.717) is 24.2 Å². The van der Waals surface area contributed by atoms with Gasteiger partial charge < -0.3 is 0 Å². The monoisotopic (exact) mass is 494 g/mol. The van der Waals surface area contributed by atoms with Gasteiger partial charge in [0.25, 0.3) is 0 Å². The van der Waals surface area contributed by atoms with Crippen molar-refractivity contribution in [3.05, 3.63) is 29.3 Å². The molecule has 1 rings (SSSR count). The molecular weight excluding hydrogens is 445 g/mol. The van der Waals surface area contributed by atoms with Crippen LogP contribution in [0.4, 0.5) is 0 Å². The topological polar surface area (TPSA) is 15.7 Å².